The molecule has 2 fully saturated rings. The van der Waals surface area contributed by atoms with E-state index in [4.69, 9.17) is 9.31 Å². The van der Waals surface area contributed by atoms with Crippen LogP contribution < -0.4 is 16.0 Å². The molecule has 7 nitrogen and oxygen atoms in total. The lowest BCUT2D eigenvalue weighted by Crippen LogP contribution is -2.62. The summed E-state index contributed by atoms with van der Waals surface area (Å²) in [5.41, 5.74) is -1.95. The Labute approximate surface area is 163 Å². The van der Waals surface area contributed by atoms with Gasteiger partial charge in [0.05, 0.1) is 11.2 Å². The van der Waals surface area contributed by atoms with Crippen molar-refractivity contribution in [3.8, 4) is 0 Å². The smallest absolute Gasteiger partial charge is 0.403 e. The van der Waals surface area contributed by atoms with Crippen molar-refractivity contribution in [2.24, 2.45) is 0 Å². The number of carbonyl (C=O) groups excluding carboxylic acids is 2. The van der Waals surface area contributed by atoms with Crippen LogP contribution in [0.2, 0.25) is 6.32 Å². The molecule has 0 radical (unpaired) electrons. The summed E-state index contributed by atoms with van der Waals surface area (Å²) >= 11 is 0. The quantitative estimate of drug-likeness (QED) is 0.630. The predicted octanol–water partition coefficient (Wildman–Crippen LogP) is 1.62. The van der Waals surface area contributed by atoms with E-state index in [1.165, 1.54) is 6.92 Å². The van der Waals surface area contributed by atoms with E-state index in [1.807, 2.05) is 48.5 Å². The monoisotopic (exact) mass is 381 g/mol. The zero-order chi connectivity index (χ0) is 20.7. The minimum atomic E-state index is -0.917. The molecule has 0 saturated carbocycles. The highest BCUT2D eigenvalue weighted by atomic mass is 16.7. The van der Waals surface area contributed by atoms with Crippen molar-refractivity contribution in [2.45, 2.75) is 103 Å². The Morgan fingerprint density at radius 1 is 1.15 bits per heavy atom. The largest absolute Gasteiger partial charge is 0.457 e. The Kier molecular flexibility index (Phi) is 6.05. The second-order valence-corrected chi connectivity index (χ2v) is 10.0. The molecule has 0 aromatic rings. The first-order valence-electron chi connectivity index (χ1n) is 9.86. The third-order valence-electron chi connectivity index (χ3n) is 5.68. The van der Waals surface area contributed by atoms with Crippen LogP contribution in [-0.4, -0.2) is 53.8 Å². The first kappa shape index (κ1) is 22.2. The molecule has 154 valence electrons. The summed E-state index contributed by atoms with van der Waals surface area (Å²) in [6.45, 7) is 15.8. The molecule has 2 heterocycles. The molecule has 0 spiro atoms. The van der Waals surface area contributed by atoms with E-state index in [-0.39, 0.29) is 41.7 Å². The fourth-order valence-corrected chi connectivity index (χ4v) is 3.63. The molecule has 0 bridgehead atoms. The summed E-state index contributed by atoms with van der Waals surface area (Å²) in [7, 11) is -0.254. The minimum absolute atomic E-state index is 0.113. The Morgan fingerprint density at radius 3 is 2.19 bits per heavy atom. The van der Waals surface area contributed by atoms with Gasteiger partial charge in [0.25, 0.3) is 0 Å². The Balaban J connectivity index is 1.97. The summed E-state index contributed by atoms with van der Waals surface area (Å²) in [5, 5.41) is 9.29. The number of rotatable bonds is 5. The molecule has 0 aromatic heterocycles. The predicted molar refractivity (Wildman–Crippen MR) is 106 cm³/mol. The second-order valence-electron chi connectivity index (χ2n) is 10.0. The van der Waals surface area contributed by atoms with E-state index in [2.05, 4.69) is 16.0 Å². The fourth-order valence-electron chi connectivity index (χ4n) is 3.63. The third-order valence-corrected chi connectivity index (χ3v) is 5.68. The van der Waals surface area contributed by atoms with Crippen LogP contribution in [-0.2, 0) is 18.9 Å². The summed E-state index contributed by atoms with van der Waals surface area (Å²) in [6, 6.07) is 0.113. The molecule has 0 aliphatic carbocycles. The van der Waals surface area contributed by atoms with Crippen LogP contribution in [0.25, 0.3) is 0 Å². The molecular weight excluding hydrogens is 345 g/mol. The van der Waals surface area contributed by atoms with E-state index < -0.39 is 5.54 Å². The SMILES string of the molecule is CC(=O)NC1(C(=O)NC(C)(C)C)CNC(CCB2OC(C)(C)C(C)(C)O2)C1. The van der Waals surface area contributed by atoms with Crippen molar-refractivity contribution >= 4 is 18.9 Å². The average Bonchev–Trinajstić information content (AvgIpc) is 2.94. The van der Waals surface area contributed by atoms with Gasteiger partial charge < -0.3 is 25.3 Å². The highest BCUT2D eigenvalue weighted by Crippen LogP contribution is 2.38. The van der Waals surface area contributed by atoms with Crippen molar-refractivity contribution in [2.75, 3.05) is 6.54 Å². The lowest BCUT2D eigenvalue weighted by atomic mass is 9.80. The molecule has 2 unspecified atom stereocenters. The molecule has 2 rings (SSSR count). The summed E-state index contributed by atoms with van der Waals surface area (Å²) in [5.74, 6) is -0.344. The lowest BCUT2D eigenvalue weighted by molar-refractivity contribution is -0.133. The maximum absolute atomic E-state index is 12.9. The van der Waals surface area contributed by atoms with Gasteiger partial charge in [-0.1, -0.05) is 0 Å². The molecule has 3 N–H and O–H groups in total. The van der Waals surface area contributed by atoms with E-state index in [9.17, 15) is 9.59 Å². The standard InChI is InChI=1S/C19H36BN3O4/c1-13(24)22-19(15(25)23-16(2,3)4)11-14(21-12-19)9-10-20-26-17(5,6)18(7,8)27-20/h14,21H,9-12H2,1-8H3,(H,22,24)(H,23,25). The summed E-state index contributed by atoms with van der Waals surface area (Å²) < 4.78 is 12.1. The number of hydrogen-bond donors (Lipinski definition) is 3. The van der Waals surface area contributed by atoms with E-state index >= 15 is 0 Å². The van der Waals surface area contributed by atoms with Crippen molar-refractivity contribution in [1.29, 1.82) is 0 Å². The van der Waals surface area contributed by atoms with Gasteiger partial charge in [-0.15, -0.1) is 0 Å². The number of hydrogen-bond acceptors (Lipinski definition) is 5. The zero-order valence-corrected chi connectivity index (χ0v) is 18.1. The fraction of sp³-hybridized carbons (Fsp3) is 0.895. The van der Waals surface area contributed by atoms with Crippen LogP contribution in [0.3, 0.4) is 0 Å². The highest BCUT2D eigenvalue weighted by molar-refractivity contribution is 6.45. The third kappa shape index (κ3) is 5.24. The zero-order valence-electron chi connectivity index (χ0n) is 18.1. The minimum Gasteiger partial charge on any atom is -0.403 e. The maximum atomic E-state index is 12.9. The second kappa shape index (κ2) is 7.37. The molecular formula is C19H36BN3O4. The van der Waals surface area contributed by atoms with Crippen LogP contribution in [0, 0.1) is 0 Å². The Morgan fingerprint density at radius 2 is 1.70 bits per heavy atom. The van der Waals surface area contributed by atoms with Crippen LogP contribution in [0.1, 0.15) is 68.2 Å². The van der Waals surface area contributed by atoms with Crippen LogP contribution in [0.15, 0.2) is 0 Å². The van der Waals surface area contributed by atoms with E-state index in [0.29, 0.717) is 13.0 Å². The molecule has 8 heteroatoms. The van der Waals surface area contributed by atoms with Crippen molar-refractivity contribution in [3.05, 3.63) is 0 Å². The van der Waals surface area contributed by atoms with Crippen LogP contribution in [0.4, 0.5) is 0 Å². The van der Waals surface area contributed by atoms with Gasteiger partial charge in [0.1, 0.15) is 5.54 Å². The molecule has 27 heavy (non-hydrogen) atoms. The highest BCUT2D eigenvalue weighted by Gasteiger charge is 2.52. The van der Waals surface area contributed by atoms with Gasteiger partial charge in [-0.05, 0) is 67.6 Å². The van der Waals surface area contributed by atoms with Gasteiger partial charge in [0.15, 0.2) is 0 Å². The van der Waals surface area contributed by atoms with Crippen LogP contribution in [0.5, 0.6) is 0 Å². The van der Waals surface area contributed by atoms with E-state index in [0.717, 1.165) is 12.7 Å². The van der Waals surface area contributed by atoms with Gasteiger partial charge in [-0.3, -0.25) is 9.59 Å². The van der Waals surface area contributed by atoms with Crippen molar-refractivity contribution < 1.29 is 18.9 Å². The average molecular weight is 381 g/mol. The van der Waals surface area contributed by atoms with Gasteiger partial charge in [0, 0.05) is 25.0 Å². The number of carbonyl (C=O) groups is 2. The Hall–Kier alpha value is -1.12. The van der Waals surface area contributed by atoms with Gasteiger partial charge >= 0.3 is 7.12 Å². The normalized spacial score (nSPS) is 29.6. The topological polar surface area (TPSA) is 88.7 Å². The van der Waals surface area contributed by atoms with Gasteiger partial charge in [0.2, 0.25) is 11.8 Å². The molecule has 2 aliphatic rings. The lowest BCUT2D eigenvalue weighted by Gasteiger charge is -2.32. The van der Waals surface area contributed by atoms with Crippen molar-refractivity contribution in [1.82, 2.24) is 16.0 Å². The number of nitrogens with one attached hydrogen (secondary N) is 3. The van der Waals surface area contributed by atoms with E-state index in [1.54, 1.807) is 0 Å². The molecule has 2 aliphatic heterocycles. The Bertz CT molecular complexity index is 572. The molecule has 0 aromatic carbocycles. The first-order valence-corrected chi connectivity index (χ1v) is 9.86. The molecule has 2 amide bonds. The van der Waals surface area contributed by atoms with Gasteiger partial charge in [-0.2, -0.15) is 0 Å². The van der Waals surface area contributed by atoms with Gasteiger partial charge in [-0.25, -0.2) is 0 Å². The molecule has 2 atom stereocenters. The number of amides is 2. The molecule has 2 saturated heterocycles. The summed E-state index contributed by atoms with van der Waals surface area (Å²) in [6.07, 6.45) is 2.09. The maximum Gasteiger partial charge on any atom is 0.457 e. The first-order chi connectivity index (χ1) is 12.2. The van der Waals surface area contributed by atoms with Crippen LogP contribution >= 0.6 is 0 Å². The van der Waals surface area contributed by atoms with Crippen molar-refractivity contribution in [3.63, 3.8) is 0 Å². The summed E-state index contributed by atoms with van der Waals surface area (Å²) in [4.78, 5) is 24.6.